The molecule has 0 bridgehead atoms. The molecule has 1 unspecified atom stereocenters. The van der Waals surface area contributed by atoms with Crippen molar-refractivity contribution < 1.29 is 0 Å². The van der Waals surface area contributed by atoms with E-state index in [1.165, 1.54) is 0 Å². The molecule has 0 aliphatic heterocycles. The fraction of sp³-hybridized carbons (Fsp3) is 0.385. The summed E-state index contributed by atoms with van der Waals surface area (Å²) in [4.78, 5) is 10.9. The maximum absolute atomic E-state index is 5.85. The second-order valence-electron chi connectivity index (χ2n) is 4.39. The topological polar surface area (TPSA) is 55.0 Å². The zero-order valence-electron chi connectivity index (χ0n) is 10.9. The van der Waals surface area contributed by atoms with E-state index < -0.39 is 0 Å². The molecule has 5 heteroatoms. The van der Waals surface area contributed by atoms with Crippen molar-refractivity contribution in [1.82, 2.24) is 9.97 Å². The Hall–Kier alpha value is -1.49. The van der Waals surface area contributed by atoms with Gasteiger partial charge in [0.25, 0.3) is 0 Å². The summed E-state index contributed by atoms with van der Waals surface area (Å²) in [6.07, 6.45) is 3.72. The molecule has 0 radical (unpaired) electrons. The van der Waals surface area contributed by atoms with Crippen LogP contribution in [0.25, 0.3) is 10.9 Å². The van der Waals surface area contributed by atoms with Crippen molar-refractivity contribution in [1.29, 1.82) is 0 Å². The minimum Gasteiger partial charge on any atom is -0.399 e. The molecule has 2 aromatic rings. The highest BCUT2D eigenvalue weighted by Crippen LogP contribution is 2.25. The number of nitrogens with zero attached hydrogens (tertiary/aromatic N) is 3. The predicted octanol–water partition coefficient (Wildman–Crippen LogP) is 2.40. The van der Waals surface area contributed by atoms with E-state index in [0.29, 0.717) is 6.04 Å². The van der Waals surface area contributed by atoms with Crippen molar-refractivity contribution in [2.24, 2.45) is 0 Å². The van der Waals surface area contributed by atoms with Crippen molar-refractivity contribution >= 4 is 34.2 Å². The Kier molecular flexibility index (Phi) is 3.91. The van der Waals surface area contributed by atoms with Crippen LogP contribution in [-0.4, -0.2) is 35.1 Å². The molecule has 1 atom stereocenters. The summed E-state index contributed by atoms with van der Waals surface area (Å²) in [7, 11) is 2.06. The molecule has 0 amide bonds. The minimum atomic E-state index is 0.416. The molecular weight excluding hydrogens is 244 g/mol. The highest BCUT2D eigenvalue weighted by atomic mass is 32.2. The Morgan fingerprint density at radius 1 is 1.39 bits per heavy atom. The van der Waals surface area contributed by atoms with Crippen molar-refractivity contribution in [3.8, 4) is 0 Å². The van der Waals surface area contributed by atoms with Gasteiger partial charge in [0.05, 0.1) is 5.52 Å². The van der Waals surface area contributed by atoms with E-state index in [9.17, 15) is 0 Å². The third kappa shape index (κ3) is 2.51. The van der Waals surface area contributed by atoms with Crippen LogP contribution in [0.15, 0.2) is 24.5 Å². The highest BCUT2D eigenvalue weighted by molar-refractivity contribution is 7.98. The molecule has 0 spiro atoms. The van der Waals surface area contributed by atoms with E-state index in [1.807, 2.05) is 30.0 Å². The molecule has 0 saturated carbocycles. The molecule has 4 nitrogen and oxygen atoms in total. The number of hydrogen-bond donors (Lipinski definition) is 1. The zero-order chi connectivity index (χ0) is 13.1. The van der Waals surface area contributed by atoms with Crippen LogP contribution < -0.4 is 10.6 Å². The first-order valence-corrected chi connectivity index (χ1v) is 7.25. The predicted molar refractivity (Wildman–Crippen MR) is 80.2 cm³/mol. The minimum absolute atomic E-state index is 0.416. The summed E-state index contributed by atoms with van der Waals surface area (Å²) in [6.45, 7) is 2.19. The van der Waals surface area contributed by atoms with Gasteiger partial charge >= 0.3 is 0 Å². The average molecular weight is 262 g/mol. The van der Waals surface area contributed by atoms with Gasteiger partial charge in [-0.1, -0.05) is 0 Å². The third-order valence-corrected chi connectivity index (χ3v) is 3.86. The lowest BCUT2D eigenvalue weighted by Gasteiger charge is -2.26. The van der Waals surface area contributed by atoms with Gasteiger partial charge in [-0.05, 0) is 31.4 Å². The Labute approximate surface area is 112 Å². The zero-order valence-corrected chi connectivity index (χ0v) is 11.7. The Morgan fingerprint density at radius 3 is 2.89 bits per heavy atom. The van der Waals surface area contributed by atoms with Gasteiger partial charge in [-0.2, -0.15) is 11.8 Å². The molecule has 1 heterocycles. The van der Waals surface area contributed by atoms with Gasteiger partial charge in [-0.25, -0.2) is 9.97 Å². The van der Waals surface area contributed by atoms with Gasteiger partial charge in [0.2, 0.25) is 0 Å². The van der Waals surface area contributed by atoms with Crippen LogP contribution in [0.3, 0.4) is 0 Å². The van der Waals surface area contributed by atoms with Gasteiger partial charge in [-0.3, -0.25) is 0 Å². The molecule has 0 aliphatic carbocycles. The maximum Gasteiger partial charge on any atom is 0.139 e. The van der Waals surface area contributed by atoms with Crippen molar-refractivity contribution in [2.75, 3.05) is 29.7 Å². The van der Waals surface area contributed by atoms with Gasteiger partial charge in [0, 0.05) is 29.9 Å². The first-order valence-electron chi connectivity index (χ1n) is 5.85. The molecular formula is C13H18N4S. The van der Waals surface area contributed by atoms with Gasteiger partial charge in [0.1, 0.15) is 12.1 Å². The first-order chi connectivity index (χ1) is 8.63. The quantitative estimate of drug-likeness (QED) is 0.857. The second kappa shape index (κ2) is 5.44. The maximum atomic E-state index is 5.85. The normalized spacial score (nSPS) is 12.6. The SMILES string of the molecule is CSCC(C)N(C)c1ncnc2ccc(N)cc12. The lowest BCUT2D eigenvalue weighted by atomic mass is 10.2. The smallest absolute Gasteiger partial charge is 0.139 e. The molecule has 18 heavy (non-hydrogen) atoms. The number of anilines is 2. The fourth-order valence-electron chi connectivity index (χ4n) is 1.90. The lowest BCUT2D eigenvalue weighted by molar-refractivity contribution is 0.756. The van der Waals surface area contributed by atoms with E-state index in [2.05, 4.69) is 35.1 Å². The number of fused-ring (bicyclic) bond motifs is 1. The molecule has 2 rings (SSSR count). The summed E-state index contributed by atoms with van der Waals surface area (Å²) in [5.41, 5.74) is 7.52. The number of aromatic nitrogens is 2. The van der Waals surface area contributed by atoms with E-state index >= 15 is 0 Å². The second-order valence-corrected chi connectivity index (χ2v) is 5.30. The van der Waals surface area contributed by atoms with E-state index in [1.54, 1.807) is 6.33 Å². The standard InChI is InChI=1S/C13H18N4S/c1-9(7-18-3)17(2)13-11-6-10(14)4-5-12(11)15-8-16-13/h4-6,8-9H,7,14H2,1-3H3. The van der Waals surface area contributed by atoms with Crippen LogP contribution in [0.4, 0.5) is 11.5 Å². The summed E-state index contributed by atoms with van der Waals surface area (Å²) >= 11 is 1.83. The number of nitrogens with two attached hydrogens (primary N) is 1. The van der Waals surface area contributed by atoms with Crippen LogP contribution >= 0.6 is 11.8 Å². The number of benzene rings is 1. The van der Waals surface area contributed by atoms with Gasteiger partial charge in [0.15, 0.2) is 0 Å². The number of nitrogen functional groups attached to an aromatic ring is 1. The van der Waals surface area contributed by atoms with Crippen LogP contribution in [-0.2, 0) is 0 Å². The highest BCUT2D eigenvalue weighted by Gasteiger charge is 2.14. The molecule has 96 valence electrons. The Bertz CT molecular complexity index is 544. The average Bonchev–Trinajstić information content (AvgIpc) is 2.37. The third-order valence-electron chi connectivity index (χ3n) is 3.04. The van der Waals surface area contributed by atoms with E-state index in [-0.39, 0.29) is 0 Å². The lowest BCUT2D eigenvalue weighted by Crippen LogP contribution is -2.31. The number of hydrogen-bond acceptors (Lipinski definition) is 5. The Morgan fingerprint density at radius 2 is 2.17 bits per heavy atom. The molecule has 0 saturated heterocycles. The summed E-state index contributed by atoms with van der Waals surface area (Å²) in [5, 5.41) is 1.01. The van der Waals surface area contributed by atoms with Crippen molar-refractivity contribution in [3.63, 3.8) is 0 Å². The fourth-order valence-corrected chi connectivity index (χ4v) is 2.61. The van der Waals surface area contributed by atoms with E-state index in [0.717, 1.165) is 28.2 Å². The summed E-state index contributed by atoms with van der Waals surface area (Å²) in [6, 6.07) is 6.15. The summed E-state index contributed by atoms with van der Waals surface area (Å²) in [5.74, 6) is 2.00. The van der Waals surface area contributed by atoms with Crippen molar-refractivity contribution in [2.45, 2.75) is 13.0 Å². The molecule has 1 aromatic carbocycles. The van der Waals surface area contributed by atoms with E-state index in [4.69, 9.17) is 5.73 Å². The van der Waals surface area contributed by atoms with Crippen LogP contribution in [0.2, 0.25) is 0 Å². The van der Waals surface area contributed by atoms with Gasteiger partial charge < -0.3 is 10.6 Å². The van der Waals surface area contributed by atoms with Crippen LogP contribution in [0, 0.1) is 0 Å². The van der Waals surface area contributed by atoms with Gasteiger partial charge in [-0.15, -0.1) is 0 Å². The van der Waals surface area contributed by atoms with Crippen LogP contribution in [0.1, 0.15) is 6.92 Å². The molecule has 0 fully saturated rings. The Balaban J connectivity index is 2.46. The monoisotopic (exact) mass is 262 g/mol. The first kappa shape index (κ1) is 13.0. The molecule has 2 N–H and O–H groups in total. The van der Waals surface area contributed by atoms with Crippen LogP contribution in [0.5, 0.6) is 0 Å². The number of thioether (sulfide) groups is 1. The largest absolute Gasteiger partial charge is 0.399 e. The molecule has 0 aliphatic rings. The summed E-state index contributed by atoms with van der Waals surface area (Å²) < 4.78 is 0. The van der Waals surface area contributed by atoms with Crippen molar-refractivity contribution in [3.05, 3.63) is 24.5 Å². The molecule has 1 aromatic heterocycles. The number of rotatable bonds is 4.